The van der Waals surface area contributed by atoms with Crippen LogP contribution in [-0.4, -0.2) is 29.2 Å². The highest BCUT2D eigenvalue weighted by molar-refractivity contribution is 5.22. The van der Waals surface area contributed by atoms with Crippen molar-refractivity contribution in [2.75, 3.05) is 13.2 Å². The Morgan fingerprint density at radius 3 is 2.32 bits per heavy atom. The number of nitrogens with zero attached hydrogens (tertiary/aromatic N) is 1. The van der Waals surface area contributed by atoms with Crippen LogP contribution < -0.4 is 0 Å². The van der Waals surface area contributed by atoms with Crippen molar-refractivity contribution in [1.29, 1.82) is 0 Å². The standard InChI is InChI=1S/C20H25NO/c22-16-19(18-11-5-2-6-12-18)20-13-7-8-14-21(20)15-17-9-3-1-4-10-17/h1-6,9-12,19-20,22H,7-8,13-16H2/t19-,20+/m1/s1. The van der Waals surface area contributed by atoms with Gasteiger partial charge in [0.25, 0.3) is 0 Å². The Morgan fingerprint density at radius 1 is 0.955 bits per heavy atom. The predicted molar refractivity (Wildman–Crippen MR) is 90.8 cm³/mol. The van der Waals surface area contributed by atoms with E-state index < -0.39 is 0 Å². The second-order valence-electron chi connectivity index (χ2n) is 6.22. The van der Waals surface area contributed by atoms with Crippen molar-refractivity contribution in [3.05, 3.63) is 71.8 Å². The average molecular weight is 295 g/mol. The summed E-state index contributed by atoms with van der Waals surface area (Å²) in [5.41, 5.74) is 2.62. The molecule has 2 atom stereocenters. The normalized spacial score (nSPS) is 20.7. The molecule has 2 aromatic carbocycles. The molecular formula is C20H25NO. The lowest BCUT2D eigenvalue weighted by atomic mass is 9.85. The fourth-order valence-electron chi connectivity index (χ4n) is 3.64. The molecule has 1 fully saturated rings. The largest absolute Gasteiger partial charge is 0.396 e. The second-order valence-corrected chi connectivity index (χ2v) is 6.22. The van der Waals surface area contributed by atoms with Gasteiger partial charge in [0.15, 0.2) is 0 Å². The van der Waals surface area contributed by atoms with Gasteiger partial charge in [0.2, 0.25) is 0 Å². The van der Waals surface area contributed by atoms with Gasteiger partial charge in [-0.1, -0.05) is 67.1 Å². The number of hydrogen-bond donors (Lipinski definition) is 1. The molecule has 0 unspecified atom stereocenters. The maximum absolute atomic E-state index is 9.99. The molecule has 22 heavy (non-hydrogen) atoms. The maximum Gasteiger partial charge on any atom is 0.0514 e. The highest BCUT2D eigenvalue weighted by Gasteiger charge is 2.30. The summed E-state index contributed by atoms with van der Waals surface area (Å²) in [6.45, 7) is 2.33. The molecular weight excluding hydrogens is 270 g/mol. The molecule has 0 aliphatic carbocycles. The Labute approximate surface area is 133 Å². The van der Waals surface area contributed by atoms with Crippen molar-refractivity contribution in [2.45, 2.75) is 37.8 Å². The van der Waals surface area contributed by atoms with Crippen LogP contribution in [0.15, 0.2) is 60.7 Å². The molecule has 1 heterocycles. The van der Waals surface area contributed by atoms with Gasteiger partial charge in [-0.2, -0.15) is 0 Å². The number of aliphatic hydroxyl groups is 1. The Bertz CT molecular complexity index is 554. The van der Waals surface area contributed by atoms with Gasteiger partial charge in [0.1, 0.15) is 0 Å². The van der Waals surface area contributed by atoms with E-state index in [4.69, 9.17) is 0 Å². The lowest BCUT2D eigenvalue weighted by Gasteiger charge is -2.40. The summed E-state index contributed by atoms with van der Waals surface area (Å²) in [6, 6.07) is 21.6. The van der Waals surface area contributed by atoms with Crippen LogP contribution in [-0.2, 0) is 6.54 Å². The molecule has 116 valence electrons. The minimum Gasteiger partial charge on any atom is -0.396 e. The third kappa shape index (κ3) is 3.57. The van der Waals surface area contributed by atoms with E-state index in [0.29, 0.717) is 6.04 Å². The summed E-state index contributed by atoms with van der Waals surface area (Å²) < 4.78 is 0. The molecule has 2 heteroatoms. The predicted octanol–water partition coefficient (Wildman–Crippen LogP) is 3.82. The molecule has 0 amide bonds. The molecule has 0 bridgehead atoms. The lowest BCUT2D eigenvalue weighted by molar-refractivity contribution is 0.0923. The molecule has 2 aromatic rings. The summed E-state index contributed by atoms with van der Waals surface area (Å²) in [5, 5.41) is 9.99. The van der Waals surface area contributed by atoms with Crippen molar-refractivity contribution < 1.29 is 5.11 Å². The fourth-order valence-corrected chi connectivity index (χ4v) is 3.64. The average Bonchev–Trinajstić information content (AvgIpc) is 2.59. The molecule has 0 aromatic heterocycles. The van der Waals surface area contributed by atoms with E-state index in [1.807, 2.05) is 6.07 Å². The SMILES string of the molecule is OC[C@H](c1ccccc1)[C@@H]1CCCCN1Cc1ccccc1. The topological polar surface area (TPSA) is 23.5 Å². The minimum atomic E-state index is 0.213. The smallest absolute Gasteiger partial charge is 0.0514 e. The van der Waals surface area contributed by atoms with Crippen LogP contribution >= 0.6 is 0 Å². The summed E-state index contributed by atoms with van der Waals surface area (Å²) in [4.78, 5) is 2.56. The molecule has 2 nitrogen and oxygen atoms in total. The third-order valence-corrected chi connectivity index (χ3v) is 4.78. The van der Waals surface area contributed by atoms with Crippen LogP contribution in [0.25, 0.3) is 0 Å². The van der Waals surface area contributed by atoms with Crippen molar-refractivity contribution in [3.8, 4) is 0 Å². The van der Waals surface area contributed by atoms with Gasteiger partial charge in [-0.15, -0.1) is 0 Å². The van der Waals surface area contributed by atoms with Gasteiger partial charge in [0.05, 0.1) is 6.61 Å². The quantitative estimate of drug-likeness (QED) is 0.906. The summed E-state index contributed by atoms with van der Waals surface area (Å²) in [5.74, 6) is 0.213. The molecule has 0 spiro atoms. The Hall–Kier alpha value is -1.64. The van der Waals surface area contributed by atoms with E-state index in [9.17, 15) is 5.11 Å². The van der Waals surface area contributed by atoms with E-state index in [1.165, 1.54) is 30.4 Å². The van der Waals surface area contributed by atoms with Crippen LogP contribution in [0.1, 0.15) is 36.3 Å². The van der Waals surface area contributed by atoms with Crippen LogP contribution in [0.3, 0.4) is 0 Å². The first kappa shape index (κ1) is 15.3. The fraction of sp³-hybridized carbons (Fsp3) is 0.400. The van der Waals surface area contributed by atoms with Crippen LogP contribution in [0.2, 0.25) is 0 Å². The maximum atomic E-state index is 9.99. The zero-order valence-corrected chi connectivity index (χ0v) is 13.1. The molecule has 1 aliphatic rings. The van der Waals surface area contributed by atoms with E-state index in [0.717, 1.165) is 13.1 Å². The first-order chi connectivity index (χ1) is 10.9. The minimum absolute atomic E-state index is 0.213. The van der Waals surface area contributed by atoms with E-state index in [2.05, 4.69) is 59.5 Å². The first-order valence-corrected chi connectivity index (χ1v) is 8.32. The highest BCUT2D eigenvalue weighted by atomic mass is 16.3. The number of piperidine rings is 1. The van der Waals surface area contributed by atoms with Gasteiger partial charge in [-0.05, 0) is 30.5 Å². The molecule has 1 N–H and O–H groups in total. The zero-order valence-electron chi connectivity index (χ0n) is 13.1. The molecule has 0 saturated carbocycles. The Balaban J connectivity index is 1.79. The van der Waals surface area contributed by atoms with E-state index in [1.54, 1.807) is 0 Å². The second kappa shape index (κ2) is 7.57. The zero-order chi connectivity index (χ0) is 15.2. The van der Waals surface area contributed by atoms with E-state index in [-0.39, 0.29) is 12.5 Å². The van der Waals surface area contributed by atoms with Gasteiger partial charge in [0, 0.05) is 18.5 Å². The van der Waals surface area contributed by atoms with Gasteiger partial charge >= 0.3 is 0 Å². The molecule has 1 saturated heterocycles. The number of aliphatic hydroxyl groups excluding tert-OH is 1. The summed E-state index contributed by atoms with van der Waals surface area (Å²) in [7, 11) is 0. The van der Waals surface area contributed by atoms with Gasteiger partial charge in [-0.3, -0.25) is 4.90 Å². The Kier molecular flexibility index (Phi) is 5.25. The van der Waals surface area contributed by atoms with Crippen molar-refractivity contribution >= 4 is 0 Å². The van der Waals surface area contributed by atoms with Crippen molar-refractivity contribution in [1.82, 2.24) is 4.90 Å². The number of likely N-dealkylation sites (tertiary alicyclic amines) is 1. The van der Waals surface area contributed by atoms with Crippen molar-refractivity contribution in [3.63, 3.8) is 0 Å². The first-order valence-electron chi connectivity index (χ1n) is 8.32. The number of hydrogen-bond acceptors (Lipinski definition) is 2. The Morgan fingerprint density at radius 2 is 1.64 bits per heavy atom. The summed E-state index contributed by atoms with van der Waals surface area (Å²) >= 11 is 0. The lowest BCUT2D eigenvalue weighted by Crippen LogP contribution is -2.43. The third-order valence-electron chi connectivity index (χ3n) is 4.78. The van der Waals surface area contributed by atoms with Gasteiger partial charge in [-0.25, -0.2) is 0 Å². The monoisotopic (exact) mass is 295 g/mol. The molecule has 1 aliphatic heterocycles. The van der Waals surface area contributed by atoms with Crippen LogP contribution in [0.4, 0.5) is 0 Å². The number of benzene rings is 2. The van der Waals surface area contributed by atoms with E-state index >= 15 is 0 Å². The summed E-state index contributed by atoms with van der Waals surface area (Å²) in [6.07, 6.45) is 3.70. The highest BCUT2D eigenvalue weighted by Crippen LogP contribution is 2.31. The van der Waals surface area contributed by atoms with Crippen LogP contribution in [0, 0.1) is 0 Å². The van der Waals surface area contributed by atoms with Crippen LogP contribution in [0.5, 0.6) is 0 Å². The van der Waals surface area contributed by atoms with Gasteiger partial charge < -0.3 is 5.11 Å². The van der Waals surface area contributed by atoms with Crippen molar-refractivity contribution in [2.24, 2.45) is 0 Å². The molecule has 3 rings (SSSR count). The number of rotatable bonds is 5. The molecule has 0 radical (unpaired) electrons.